The Morgan fingerprint density at radius 3 is 2.32 bits per heavy atom. The average Bonchev–Trinajstić information content (AvgIpc) is 2.34. The van der Waals surface area contributed by atoms with E-state index in [0.717, 1.165) is 10.5 Å². The molecular formula is C16H17FOS. The highest BCUT2D eigenvalue weighted by Crippen LogP contribution is 2.33. The maximum atomic E-state index is 14.0. The Hall–Kier alpha value is -1.32. The van der Waals surface area contributed by atoms with Gasteiger partial charge in [0.05, 0.1) is 6.10 Å². The van der Waals surface area contributed by atoms with E-state index in [0.29, 0.717) is 10.5 Å². The molecule has 0 saturated carbocycles. The highest BCUT2D eigenvalue weighted by molar-refractivity contribution is 7.99. The predicted octanol–water partition coefficient (Wildman–Crippen LogP) is 4.65. The first-order valence-corrected chi connectivity index (χ1v) is 7.01. The van der Waals surface area contributed by atoms with Crippen molar-refractivity contribution in [2.45, 2.75) is 36.7 Å². The summed E-state index contributed by atoms with van der Waals surface area (Å²) in [5.74, 6) is -0.289. The molecule has 0 bridgehead atoms. The van der Waals surface area contributed by atoms with Crippen molar-refractivity contribution in [1.82, 2.24) is 0 Å². The Morgan fingerprint density at radius 1 is 1.05 bits per heavy atom. The van der Waals surface area contributed by atoms with Gasteiger partial charge in [-0.15, -0.1) is 0 Å². The smallest absolute Gasteiger partial charge is 0.137 e. The van der Waals surface area contributed by atoms with E-state index in [1.807, 2.05) is 26.0 Å². The van der Waals surface area contributed by atoms with Crippen LogP contribution in [0.25, 0.3) is 0 Å². The maximum Gasteiger partial charge on any atom is 0.137 e. The number of aryl methyl sites for hydroxylation is 2. The normalized spacial score (nSPS) is 12.5. The van der Waals surface area contributed by atoms with Crippen LogP contribution >= 0.6 is 11.8 Å². The second kappa shape index (κ2) is 5.76. The van der Waals surface area contributed by atoms with Gasteiger partial charge in [0, 0.05) is 9.79 Å². The van der Waals surface area contributed by atoms with Gasteiger partial charge in [-0.25, -0.2) is 4.39 Å². The highest BCUT2D eigenvalue weighted by Gasteiger charge is 2.09. The number of halogens is 1. The fraction of sp³-hybridized carbons (Fsp3) is 0.250. The second-order valence-electron chi connectivity index (χ2n) is 4.74. The lowest BCUT2D eigenvalue weighted by atomic mass is 10.1. The summed E-state index contributed by atoms with van der Waals surface area (Å²) in [6, 6.07) is 11.0. The second-order valence-corrected chi connectivity index (χ2v) is 5.82. The molecule has 0 saturated heterocycles. The van der Waals surface area contributed by atoms with Gasteiger partial charge in [0.15, 0.2) is 0 Å². The third-order valence-electron chi connectivity index (χ3n) is 2.99. The Balaban J connectivity index is 2.28. The number of benzene rings is 2. The molecule has 0 amide bonds. The van der Waals surface area contributed by atoms with Gasteiger partial charge in [-0.3, -0.25) is 0 Å². The zero-order chi connectivity index (χ0) is 14.0. The largest absolute Gasteiger partial charge is 0.389 e. The van der Waals surface area contributed by atoms with Crippen LogP contribution in [0.3, 0.4) is 0 Å². The van der Waals surface area contributed by atoms with E-state index >= 15 is 0 Å². The summed E-state index contributed by atoms with van der Waals surface area (Å²) in [7, 11) is 0. The van der Waals surface area contributed by atoms with Crippen LogP contribution in [-0.4, -0.2) is 5.11 Å². The molecule has 1 N–H and O–H groups in total. The molecule has 1 nitrogen and oxygen atoms in total. The molecule has 0 aromatic heterocycles. The van der Waals surface area contributed by atoms with Crippen LogP contribution < -0.4 is 0 Å². The predicted molar refractivity (Wildman–Crippen MR) is 77.1 cm³/mol. The van der Waals surface area contributed by atoms with Crippen molar-refractivity contribution in [2.24, 2.45) is 0 Å². The number of rotatable bonds is 3. The van der Waals surface area contributed by atoms with Gasteiger partial charge in [0.25, 0.3) is 0 Å². The average molecular weight is 276 g/mol. The fourth-order valence-electron chi connectivity index (χ4n) is 1.89. The molecule has 0 spiro atoms. The van der Waals surface area contributed by atoms with Crippen molar-refractivity contribution in [2.75, 3.05) is 0 Å². The maximum absolute atomic E-state index is 14.0. The minimum Gasteiger partial charge on any atom is -0.389 e. The third kappa shape index (κ3) is 3.37. The molecule has 2 aromatic rings. The molecule has 0 radical (unpaired) electrons. The van der Waals surface area contributed by atoms with E-state index < -0.39 is 6.10 Å². The first-order valence-electron chi connectivity index (χ1n) is 6.20. The minimum absolute atomic E-state index is 0.289. The van der Waals surface area contributed by atoms with Gasteiger partial charge < -0.3 is 5.11 Å². The van der Waals surface area contributed by atoms with Gasteiger partial charge >= 0.3 is 0 Å². The van der Waals surface area contributed by atoms with Crippen LogP contribution in [0.2, 0.25) is 0 Å². The molecule has 0 fully saturated rings. The van der Waals surface area contributed by atoms with Gasteiger partial charge in [0.1, 0.15) is 5.82 Å². The van der Waals surface area contributed by atoms with Crippen molar-refractivity contribution in [1.29, 1.82) is 0 Å². The quantitative estimate of drug-likeness (QED) is 0.880. The monoisotopic (exact) mass is 276 g/mol. The van der Waals surface area contributed by atoms with Crippen LogP contribution in [0.4, 0.5) is 4.39 Å². The van der Waals surface area contributed by atoms with E-state index in [1.54, 1.807) is 19.1 Å². The molecule has 1 atom stereocenters. The molecule has 100 valence electrons. The van der Waals surface area contributed by atoms with Crippen molar-refractivity contribution in [3.8, 4) is 0 Å². The molecule has 0 heterocycles. The van der Waals surface area contributed by atoms with Crippen molar-refractivity contribution in [3.05, 3.63) is 58.9 Å². The zero-order valence-corrected chi connectivity index (χ0v) is 12.1. The Labute approximate surface area is 117 Å². The Morgan fingerprint density at radius 2 is 1.74 bits per heavy atom. The summed E-state index contributed by atoms with van der Waals surface area (Å²) < 4.78 is 14.0. The van der Waals surface area contributed by atoms with Crippen LogP contribution in [0.15, 0.2) is 46.2 Å². The van der Waals surface area contributed by atoms with Crippen molar-refractivity contribution in [3.63, 3.8) is 0 Å². The van der Waals surface area contributed by atoms with E-state index in [2.05, 4.69) is 6.07 Å². The lowest BCUT2D eigenvalue weighted by Crippen LogP contribution is -1.93. The summed E-state index contributed by atoms with van der Waals surface area (Å²) in [5, 5.41) is 9.43. The molecule has 0 aliphatic rings. The molecule has 0 aliphatic carbocycles. The number of hydrogen-bond acceptors (Lipinski definition) is 2. The lowest BCUT2D eigenvalue weighted by Gasteiger charge is -2.10. The summed E-state index contributed by atoms with van der Waals surface area (Å²) >= 11 is 1.41. The molecule has 3 heteroatoms. The van der Waals surface area contributed by atoms with Gasteiger partial charge in [0.2, 0.25) is 0 Å². The van der Waals surface area contributed by atoms with Crippen LogP contribution in [0, 0.1) is 19.7 Å². The number of hydrogen-bond donors (Lipinski definition) is 1. The van der Waals surface area contributed by atoms with E-state index in [9.17, 15) is 9.50 Å². The molecule has 0 aliphatic heterocycles. The minimum atomic E-state index is -0.644. The summed E-state index contributed by atoms with van der Waals surface area (Å²) in [6.45, 7) is 5.70. The summed E-state index contributed by atoms with van der Waals surface area (Å²) in [4.78, 5) is 1.63. The highest BCUT2D eigenvalue weighted by atomic mass is 32.2. The Bertz CT molecular complexity index is 593. The molecule has 0 unspecified atom stereocenters. The van der Waals surface area contributed by atoms with E-state index in [4.69, 9.17) is 0 Å². The third-order valence-corrected chi connectivity index (χ3v) is 4.22. The van der Waals surface area contributed by atoms with Crippen molar-refractivity contribution >= 4 is 11.8 Å². The summed E-state index contributed by atoms with van der Waals surface area (Å²) in [6.07, 6.45) is -0.644. The number of aliphatic hydroxyl groups is 1. The van der Waals surface area contributed by atoms with E-state index in [-0.39, 0.29) is 5.82 Å². The molecule has 2 rings (SSSR count). The zero-order valence-electron chi connectivity index (χ0n) is 11.3. The molecule has 19 heavy (non-hydrogen) atoms. The lowest BCUT2D eigenvalue weighted by molar-refractivity contribution is 0.198. The first-order chi connectivity index (χ1) is 8.97. The van der Waals surface area contributed by atoms with Crippen LogP contribution in [0.5, 0.6) is 0 Å². The van der Waals surface area contributed by atoms with Gasteiger partial charge in [-0.05, 0) is 50.1 Å². The van der Waals surface area contributed by atoms with Gasteiger partial charge in [-0.2, -0.15) is 0 Å². The first kappa shape index (κ1) is 14.1. The van der Waals surface area contributed by atoms with Crippen LogP contribution in [-0.2, 0) is 0 Å². The topological polar surface area (TPSA) is 20.2 Å². The summed E-state index contributed by atoms with van der Waals surface area (Å²) in [5.41, 5.74) is 2.94. The van der Waals surface area contributed by atoms with E-state index in [1.165, 1.54) is 23.4 Å². The standard InChI is InChI=1S/C16H17FOS/c1-10-4-6-15(11(2)8-10)19-16-7-5-13(12(3)18)9-14(16)17/h4-9,12,18H,1-3H3/t12-/m1/s1. The van der Waals surface area contributed by atoms with Crippen molar-refractivity contribution < 1.29 is 9.50 Å². The van der Waals surface area contributed by atoms with Crippen LogP contribution in [0.1, 0.15) is 29.7 Å². The number of aliphatic hydroxyl groups excluding tert-OH is 1. The molecule has 2 aromatic carbocycles. The molecular weight excluding hydrogens is 259 g/mol. The fourth-order valence-corrected chi connectivity index (χ4v) is 2.78. The SMILES string of the molecule is Cc1ccc(Sc2ccc([C@@H](C)O)cc2F)c(C)c1. The Kier molecular flexibility index (Phi) is 4.27. The van der Waals surface area contributed by atoms with Gasteiger partial charge in [-0.1, -0.05) is 35.5 Å².